The topological polar surface area (TPSA) is 61.2 Å². The van der Waals surface area contributed by atoms with Gasteiger partial charge < -0.3 is 4.74 Å². The molecule has 1 heterocycles. The Morgan fingerprint density at radius 3 is 1.91 bits per heavy atom. The summed E-state index contributed by atoms with van der Waals surface area (Å²) in [5.41, 5.74) is 1.000. The average Bonchev–Trinajstić information content (AvgIpc) is 3.27. The van der Waals surface area contributed by atoms with E-state index in [0.717, 1.165) is 9.65 Å². The van der Waals surface area contributed by atoms with Crippen molar-refractivity contribution in [3.8, 4) is 5.75 Å². The van der Waals surface area contributed by atoms with Gasteiger partial charge in [0.15, 0.2) is 5.76 Å². The smallest absolute Gasteiger partial charge is 0.283 e. The maximum Gasteiger partial charge on any atom is 0.283 e. The van der Waals surface area contributed by atoms with Gasteiger partial charge >= 0.3 is 0 Å². The minimum Gasteiger partial charge on any atom is -0.455 e. The van der Waals surface area contributed by atoms with Gasteiger partial charge in [-0.2, -0.15) is 13.5 Å². The summed E-state index contributed by atoms with van der Waals surface area (Å²) in [4.78, 5) is 0.0455. The Morgan fingerprint density at radius 2 is 1.31 bits per heavy atom. The molecular formula is C23H15Cl3N2O3S. The molecule has 0 unspecified atom stereocenters. The summed E-state index contributed by atoms with van der Waals surface area (Å²) in [7, 11) is -4.00. The molecule has 3 aromatic carbocycles. The molecule has 0 saturated heterocycles. The molecule has 0 bridgehead atoms. The first-order valence-corrected chi connectivity index (χ1v) is 11.9. The highest BCUT2D eigenvalue weighted by Crippen LogP contribution is 2.27. The van der Waals surface area contributed by atoms with Gasteiger partial charge in [-0.15, -0.1) is 4.09 Å². The zero-order chi connectivity index (χ0) is 22.7. The third-order valence-corrected chi connectivity index (χ3v) is 6.78. The lowest BCUT2D eigenvalue weighted by Crippen LogP contribution is -2.18. The predicted octanol–water partition coefficient (Wildman–Crippen LogP) is 6.66. The number of halogens is 3. The molecule has 0 radical (unpaired) electrons. The highest BCUT2D eigenvalue weighted by molar-refractivity contribution is 7.89. The normalized spacial score (nSPS) is 12.0. The molecule has 0 amide bonds. The quantitative estimate of drug-likeness (QED) is 0.275. The van der Waals surface area contributed by atoms with Crippen molar-refractivity contribution in [2.75, 3.05) is 0 Å². The third kappa shape index (κ3) is 5.00. The summed E-state index contributed by atoms with van der Waals surface area (Å²) in [6.07, 6.45) is 3.10. The second-order valence-corrected chi connectivity index (χ2v) is 9.71. The van der Waals surface area contributed by atoms with Crippen LogP contribution < -0.4 is 4.74 Å². The van der Waals surface area contributed by atoms with Gasteiger partial charge in [-0.1, -0.05) is 46.9 Å². The van der Waals surface area contributed by atoms with E-state index < -0.39 is 10.0 Å². The fourth-order valence-corrected chi connectivity index (χ4v) is 4.51. The molecule has 1 aromatic heterocycles. The Bertz CT molecular complexity index is 1360. The number of hydrogen-bond acceptors (Lipinski definition) is 4. The largest absolute Gasteiger partial charge is 0.455 e. The zero-order valence-corrected chi connectivity index (χ0v) is 19.4. The lowest BCUT2D eigenvalue weighted by atomic mass is 10.2. The summed E-state index contributed by atoms with van der Waals surface area (Å²) in [6, 6.07) is 21.2. The molecule has 4 rings (SSSR count). The Balaban J connectivity index is 1.82. The van der Waals surface area contributed by atoms with Gasteiger partial charge in [-0.25, -0.2) is 0 Å². The number of hydrogen-bond donors (Lipinski definition) is 0. The van der Waals surface area contributed by atoms with Gasteiger partial charge in [0.25, 0.3) is 10.0 Å². The van der Waals surface area contributed by atoms with Crippen LogP contribution in [0.25, 0.3) is 11.8 Å². The number of aromatic nitrogens is 2. The van der Waals surface area contributed by atoms with Crippen LogP contribution in [0.15, 0.2) is 90.0 Å². The van der Waals surface area contributed by atoms with Crippen LogP contribution in [0, 0.1) is 0 Å². The first-order valence-electron chi connectivity index (χ1n) is 9.29. The molecule has 0 atom stereocenters. The van der Waals surface area contributed by atoms with E-state index in [2.05, 4.69) is 5.10 Å². The van der Waals surface area contributed by atoms with Crippen molar-refractivity contribution < 1.29 is 13.2 Å². The minimum atomic E-state index is -4.00. The van der Waals surface area contributed by atoms with E-state index in [9.17, 15) is 8.42 Å². The predicted molar refractivity (Wildman–Crippen MR) is 128 cm³/mol. The summed E-state index contributed by atoms with van der Waals surface area (Å²) in [5.74, 6) is 0.746. The van der Waals surface area contributed by atoms with Crippen LogP contribution in [0.1, 0.15) is 11.3 Å². The van der Waals surface area contributed by atoms with Crippen LogP contribution in [0.2, 0.25) is 15.1 Å². The second-order valence-electron chi connectivity index (χ2n) is 6.63. The zero-order valence-electron chi connectivity index (χ0n) is 16.3. The van der Waals surface area contributed by atoms with E-state index in [1.807, 2.05) is 0 Å². The molecule has 9 heteroatoms. The van der Waals surface area contributed by atoms with Crippen molar-refractivity contribution in [1.29, 1.82) is 0 Å². The van der Waals surface area contributed by atoms with Crippen molar-refractivity contribution >= 4 is 56.7 Å². The SMILES string of the molecule is O=S(=O)(c1ccc(Cl)cc1)n1nccc1/C(=C/c1ccc(Cl)cc1)Oc1ccc(Cl)cc1. The molecule has 162 valence electrons. The summed E-state index contributed by atoms with van der Waals surface area (Å²) in [6.45, 7) is 0. The molecule has 32 heavy (non-hydrogen) atoms. The van der Waals surface area contributed by atoms with Crippen LogP contribution in [0.3, 0.4) is 0 Å². The van der Waals surface area contributed by atoms with Gasteiger partial charge in [-0.05, 0) is 78.4 Å². The van der Waals surface area contributed by atoms with Gasteiger partial charge in [0.2, 0.25) is 0 Å². The van der Waals surface area contributed by atoms with Gasteiger partial charge in [0, 0.05) is 15.1 Å². The fourth-order valence-electron chi connectivity index (χ4n) is 2.86. The summed E-state index contributed by atoms with van der Waals surface area (Å²) >= 11 is 17.9. The number of benzene rings is 3. The van der Waals surface area contributed by atoms with Crippen molar-refractivity contribution in [1.82, 2.24) is 9.19 Å². The van der Waals surface area contributed by atoms with Crippen LogP contribution >= 0.6 is 34.8 Å². The van der Waals surface area contributed by atoms with Crippen molar-refractivity contribution in [2.45, 2.75) is 4.90 Å². The van der Waals surface area contributed by atoms with Gasteiger partial charge in [0.05, 0.1) is 11.1 Å². The highest BCUT2D eigenvalue weighted by Gasteiger charge is 2.24. The van der Waals surface area contributed by atoms with E-state index in [1.54, 1.807) is 60.7 Å². The van der Waals surface area contributed by atoms with Gasteiger partial charge in [-0.3, -0.25) is 0 Å². The van der Waals surface area contributed by atoms with E-state index in [0.29, 0.717) is 20.8 Å². The number of nitrogens with zero attached hydrogens (tertiary/aromatic N) is 2. The lowest BCUT2D eigenvalue weighted by Gasteiger charge is -2.13. The van der Waals surface area contributed by atoms with Crippen LogP contribution in [0.5, 0.6) is 5.75 Å². The Hall–Kier alpha value is -2.77. The molecule has 5 nitrogen and oxygen atoms in total. The first kappa shape index (κ1) is 22.4. The Morgan fingerprint density at radius 1 is 0.781 bits per heavy atom. The maximum atomic E-state index is 13.3. The monoisotopic (exact) mass is 504 g/mol. The van der Waals surface area contributed by atoms with E-state index in [4.69, 9.17) is 39.5 Å². The van der Waals surface area contributed by atoms with Gasteiger partial charge in [0.1, 0.15) is 11.4 Å². The molecule has 0 saturated carbocycles. The molecular weight excluding hydrogens is 491 g/mol. The van der Waals surface area contributed by atoms with Crippen molar-refractivity contribution in [3.63, 3.8) is 0 Å². The van der Waals surface area contributed by atoms with Crippen LogP contribution in [-0.2, 0) is 10.0 Å². The summed E-state index contributed by atoms with van der Waals surface area (Å²) < 4.78 is 33.5. The molecule has 0 aliphatic heterocycles. The van der Waals surface area contributed by atoms with Crippen molar-refractivity contribution in [3.05, 3.63) is 111 Å². The lowest BCUT2D eigenvalue weighted by molar-refractivity contribution is 0.511. The van der Waals surface area contributed by atoms with Crippen LogP contribution in [0.4, 0.5) is 0 Å². The molecule has 0 aliphatic carbocycles. The van der Waals surface area contributed by atoms with E-state index in [-0.39, 0.29) is 16.3 Å². The van der Waals surface area contributed by atoms with Crippen LogP contribution in [-0.4, -0.2) is 17.6 Å². The third-order valence-electron chi connectivity index (χ3n) is 4.41. The second kappa shape index (κ2) is 9.38. The molecule has 0 spiro atoms. The maximum absolute atomic E-state index is 13.3. The molecule has 4 aromatic rings. The van der Waals surface area contributed by atoms with Crippen molar-refractivity contribution in [2.24, 2.45) is 0 Å². The first-order chi connectivity index (χ1) is 15.3. The number of ether oxygens (including phenoxy) is 1. The molecule has 0 aliphatic rings. The molecule has 0 N–H and O–H groups in total. The Labute approximate surface area is 200 Å². The number of rotatable bonds is 6. The van der Waals surface area contributed by atoms with E-state index in [1.165, 1.54) is 30.5 Å². The minimum absolute atomic E-state index is 0.0455. The fraction of sp³-hybridized carbons (Fsp3) is 0. The standard InChI is InChI=1S/C23H15Cl3N2O3S/c24-17-3-1-16(2-4-17)15-23(31-20-9-5-18(25)6-10-20)22-13-14-27-28(22)32(29,30)21-11-7-19(26)8-12-21/h1-15H/b23-15-. The Kier molecular flexibility index (Phi) is 6.58. The van der Waals surface area contributed by atoms with E-state index >= 15 is 0 Å². The molecule has 0 fully saturated rings. The highest BCUT2D eigenvalue weighted by atomic mass is 35.5. The summed E-state index contributed by atoms with van der Waals surface area (Å²) in [5, 5.41) is 5.61. The average molecular weight is 506 g/mol.